The highest BCUT2D eigenvalue weighted by molar-refractivity contribution is 6.32. The van der Waals surface area contributed by atoms with E-state index in [1.807, 2.05) is 4.90 Å². The molecule has 17 heavy (non-hydrogen) atoms. The number of nitrogens with one attached hydrogen (secondary N) is 1. The van der Waals surface area contributed by atoms with E-state index in [1.165, 1.54) is 6.20 Å². The number of rotatable bonds is 7. The lowest BCUT2D eigenvalue weighted by atomic mass is 10.3. The van der Waals surface area contributed by atoms with Gasteiger partial charge in [-0.2, -0.15) is 4.98 Å². The van der Waals surface area contributed by atoms with Gasteiger partial charge in [-0.15, -0.1) is 0 Å². The average molecular weight is 260 g/mol. The van der Waals surface area contributed by atoms with E-state index >= 15 is 0 Å². The molecule has 1 aromatic rings. The summed E-state index contributed by atoms with van der Waals surface area (Å²) < 4.78 is 0. The monoisotopic (exact) mass is 259 g/mol. The number of aliphatic hydroxyl groups is 1. The minimum Gasteiger partial charge on any atom is -0.395 e. The Kier molecular flexibility index (Phi) is 5.96. The molecule has 0 amide bonds. The Morgan fingerprint density at radius 1 is 1.53 bits per heavy atom. The first-order chi connectivity index (χ1) is 8.22. The predicted molar refractivity (Wildman–Crippen MR) is 69.1 cm³/mol. The van der Waals surface area contributed by atoms with Crippen LogP contribution in [0.3, 0.4) is 0 Å². The summed E-state index contributed by atoms with van der Waals surface area (Å²) in [6, 6.07) is 0. The Bertz CT molecular complexity index is 349. The number of hydrogen-bond acceptors (Lipinski definition) is 6. The first-order valence-electron chi connectivity index (χ1n) is 5.57. The fraction of sp³-hybridized carbons (Fsp3) is 0.600. The van der Waals surface area contributed by atoms with Gasteiger partial charge >= 0.3 is 0 Å². The number of hydrogen-bond donors (Lipinski definition) is 3. The highest BCUT2D eigenvalue weighted by atomic mass is 35.5. The smallest absolute Gasteiger partial charge is 0.239 e. The van der Waals surface area contributed by atoms with Gasteiger partial charge in [-0.1, -0.05) is 24.9 Å². The molecule has 0 aliphatic heterocycles. The van der Waals surface area contributed by atoms with Gasteiger partial charge in [-0.25, -0.2) is 10.8 Å². The van der Waals surface area contributed by atoms with Crippen molar-refractivity contribution in [2.75, 3.05) is 30.0 Å². The first-order valence-corrected chi connectivity index (χ1v) is 5.95. The molecule has 7 heteroatoms. The van der Waals surface area contributed by atoms with Crippen LogP contribution in [-0.2, 0) is 0 Å². The Labute approximate surface area is 106 Å². The second-order valence-corrected chi connectivity index (χ2v) is 3.98. The minimum atomic E-state index is 0.0510. The molecule has 6 nitrogen and oxygen atoms in total. The van der Waals surface area contributed by atoms with Crippen molar-refractivity contribution in [2.45, 2.75) is 19.8 Å². The summed E-state index contributed by atoms with van der Waals surface area (Å²) in [5.41, 5.74) is 2.38. The van der Waals surface area contributed by atoms with Crippen molar-refractivity contribution in [3.63, 3.8) is 0 Å². The molecule has 0 radical (unpaired) electrons. The third kappa shape index (κ3) is 3.99. The summed E-state index contributed by atoms with van der Waals surface area (Å²) >= 11 is 6.05. The van der Waals surface area contributed by atoms with Crippen molar-refractivity contribution >= 4 is 23.4 Å². The van der Waals surface area contributed by atoms with E-state index in [1.54, 1.807) is 0 Å². The number of aromatic nitrogens is 2. The van der Waals surface area contributed by atoms with Crippen LogP contribution >= 0.6 is 11.6 Å². The van der Waals surface area contributed by atoms with Crippen LogP contribution in [0.4, 0.5) is 11.8 Å². The van der Waals surface area contributed by atoms with Gasteiger partial charge in [0, 0.05) is 13.1 Å². The number of nitrogens with two attached hydrogens (primary N) is 1. The molecule has 0 saturated carbocycles. The summed E-state index contributed by atoms with van der Waals surface area (Å²) in [4.78, 5) is 10.0. The maximum absolute atomic E-state index is 9.05. The molecule has 4 N–H and O–H groups in total. The van der Waals surface area contributed by atoms with Gasteiger partial charge < -0.3 is 10.0 Å². The predicted octanol–water partition coefficient (Wildman–Crippen LogP) is 1.01. The lowest BCUT2D eigenvalue weighted by molar-refractivity contribution is 0.301. The average Bonchev–Trinajstić information content (AvgIpc) is 2.35. The van der Waals surface area contributed by atoms with Gasteiger partial charge in [0.25, 0.3) is 0 Å². The molecule has 0 spiro atoms. The van der Waals surface area contributed by atoms with Gasteiger partial charge in [0.05, 0.1) is 12.8 Å². The minimum absolute atomic E-state index is 0.0510. The molecule has 0 atom stereocenters. The summed E-state index contributed by atoms with van der Waals surface area (Å²) in [5, 5.41) is 9.50. The van der Waals surface area contributed by atoms with Crippen LogP contribution in [0.25, 0.3) is 0 Å². The molecule has 0 aliphatic rings. The third-order valence-electron chi connectivity index (χ3n) is 2.31. The number of hydrazine groups is 1. The van der Waals surface area contributed by atoms with Crippen LogP contribution in [0, 0.1) is 0 Å². The zero-order valence-electron chi connectivity index (χ0n) is 9.86. The van der Waals surface area contributed by atoms with E-state index in [4.69, 9.17) is 22.6 Å². The van der Waals surface area contributed by atoms with Crippen molar-refractivity contribution in [1.82, 2.24) is 9.97 Å². The van der Waals surface area contributed by atoms with Gasteiger partial charge in [0.2, 0.25) is 5.95 Å². The number of halogens is 1. The molecule has 1 aromatic heterocycles. The summed E-state index contributed by atoms with van der Waals surface area (Å²) in [6.07, 6.45) is 3.56. The standard InChI is InChI=1S/C10H18ClN5O/c1-2-3-4-16(5-6-17)9-8(11)7-13-10(14-9)15-12/h7,17H,2-6,12H2,1H3,(H,13,14,15). The maximum atomic E-state index is 9.05. The van der Waals surface area contributed by atoms with Gasteiger partial charge in [0.1, 0.15) is 5.02 Å². The van der Waals surface area contributed by atoms with Crippen LogP contribution < -0.4 is 16.2 Å². The highest BCUT2D eigenvalue weighted by Crippen LogP contribution is 2.23. The molecule has 96 valence electrons. The fourth-order valence-electron chi connectivity index (χ4n) is 1.44. The van der Waals surface area contributed by atoms with Crippen molar-refractivity contribution < 1.29 is 5.11 Å². The van der Waals surface area contributed by atoms with E-state index < -0.39 is 0 Å². The quantitative estimate of drug-likeness (QED) is 0.501. The van der Waals surface area contributed by atoms with E-state index in [2.05, 4.69) is 22.3 Å². The summed E-state index contributed by atoms with van der Waals surface area (Å²) in [7, 11) is 0. The molecule has 0 aromatic carbocycles. The second kappa shape index (κ2) is 7.26. The van der Waals surface area contributed by atoms with Crippen molar-refractivity contribution in [2.24, 2.45) is 5.84 Å². The van der Waals surface area contributed by atoms with Gasteiger partial charge in [-0.3, -0.25) is 5.43 Å². The molecular formula is C10H18ClN5O. The fourth-order valence-corrected chi connectivity index (χ4v) is 1.65. The molecule has 0 bridgehead atoms. The van der Waals surface area contributed by atoms with Gasteiger partial charge in [0.15, 0.2) is 5.82 Å². The third-order valence-corrected chi connectivity index (χ3v) is 2.57. The van der Waals surface area contributed by atoms with E-state index in [-0.39, 0.29) is 6.61 Å². The van der Waals surface area contributed by atoms with Crippen LogP contribution in [0.15, 0.2) is 6.20 Å². The lowest BCUT2D eigenvalue weighted by Crippen LogP contribution is -2.29. The summed E-state index contributed by atoms with van der Waals surface area (Å²) in [6.45, 7) is 3.43. The zero-order valence-corrected chi connectivity index (χ0v) is 10.6. The van der Waals surface area contributed by atoms with E-state index in [0.29, 0.717) is 23.3 Å². The van der Waals surface area contributed by atoms with Crippen molar-refractivity contribution in [1.29, 1.82) is 0 Å². The molecule has 1 rings (SSSR count). The molecular weight excluding hydrogens is 242 g/mol. The van der Waals surface area contributed by atoms with Crippen LogP contribution in [-0.4, -0.2) is 34.8 Å². The van der Waals surface area contributed by atoms with E-state index in [0.717, 1.165) is 19.4 Å². The summed E-state index contributed by atoms with van der Waals surface area (Å²) in [5.74, 6) is 6.16. The van der Waals surface area contributed by atoms with E-state index in [9.17, 15) is 0 Å². The molecule has 1 heterocycles. The second-order valence-electron chi connectivity index (χ2n) is 3.57. The normalized spacial score (nSPS) is 10.4. The maximum Gasteiger partial charge on any atom is 0.239 e. The lowest BCUT2D eigenvalue weighted by Gasteiger charge is -2.23. The Hall–Kier alpha value is -1.11. The number of anilines is 2. The van der Waals surface area contributed by atoms with Crippen LogP contribution in [0.2, 0.25) is 5.02 Å². The topological polar surface area (TPSA) is 87.3 Å². The SMILES string of the molecule is CCCCN(CCO)c1nc(NN)ncc1Cl. The molecule has 0 aliphatic carbocycles. The molecule has 0 saturated heterocycles. The molecule has 0 fully saturated rings. The van der Waals surface area contributed by atoms with Crippen LogP contribution in [0.5, 0.6) is 0 Å². The number of nitrogens with zero attached hydrogens (tertiary/aromatic N) is 3. The number of unbranched alkanes of at least 4 members (excludes halogenated alkanes) is 1. The Morgan fingerprint density at radius 2 is 2.29 bits per heavy atom. The Balaban J connectivity index is 2.90. The number of aliphatic hydroxyl groups excluding tert-OH is 1. The van der Waals surface area contributed by atoms with Crippen molar-refractivity contribution in [3.05, 3.63) is 11.2 Å². The first kappa shape index (κ1) is 14.0. The van der Waals surface area contributed by atoms with Gasteiger partial charge in [-0.05, 0) is 6.42 Å². The molecule has 0 unspecified atom stereocenters. The number of nitrogen functional groups attached to an aromatic ring is 1. The van der Waals surface area contributed by atoms with Crippen LogP contribution in [0.1, 0.15) is 19.8 Å². The zero-order chi connectivity index (χ0) is 12.7. The van der Waals surface area contributed by atoms with Crippen molar-refractivity contribution in [3.8, 4) is 0 Å². The highest BCUT2D eigenvalue weighted by Gasteiger charge is 2.12. The largest absolute Gasteiger partial charge is 0.395 e. The Morgan fingerprint density at radius 3 is 2.88 bits per heavy atom.